The third kappa shape index (κ3) is 6.30. The van der Waals surface area contributed by atoms with Gasteiger partial charge in [0.2, 0.25) is 0 Å². The molecule has 2 amide bonds. The van der Waals surface area contributed by atoms with E-state index >= 15 is 0 Å². The molecular formula is C32H30ClFN6O3. The molecule has 0 aliphatic carbocycles. The lowest BCUT2D eigenvalue weighted by Crippen LogP contribution is -2.38. The van der Waals surface area contributed by atoms with Gasteiger partial charge in [-0.05, 0) is 60.5 Å². The van der Waals surface area contributed by atoms with Crippen LogP contribution in [0.2, 0.25) is 5.02 Å². The van der Waals surface area contributed by atoms with Crippen LogP contribution in [0.1, 0.15) is 27.1 Å². The molecule has 0 radical (unpaired) electrons. The van der Waals surface area contributed by atoms with Crippen molar-refractivity contribution in [1.82, 2.24) is 20.2 Å². The predicted molar refractivity (Wildman–Crippen MR) is 164 cm³/mol. The molecule has 11 heteroatoms. The Bertz CT molecular complexity index is 1640. The lowest BCUT2D eigenvalue weighted by Gasteiger charge is -2.27. The summed E-state index contributed by atoms with van der Waals surface area (Å²) in [5.74, 6) is 0.122. The number of pyridine rings is 2. The third-order valence-corrected chi connectivity index (χ3v) is 8.08. The van der Waals surface area contributed by atoms with Gasteiger partial charge in [-0.1, -0.05) is 23.7 Å². The minimum atomic E-state index is -0.408. The van der Waals surface area contributed by atoms with Crippen LogP contribution in [-0.4, -0.2) is 72.1 Å². The fraction of sp³-hybridized carbons (Fsp3) is 0.250. The number of nitrogens with zero attached hydrogens (tertiary/aromatic N) is 4. The quantitative estimate of drug-likeness (QED) is 0.331. The molecule has 1 atom stereocenters. The highest BCUT2D eigenvalue weighted by atomic mass is 35.5. The van der Waals surface area contributed by atoms with Crippen LogP contribution in [0.25, 0.3) is 22.3 Å². The minimum Gasteiger partial charge on any atom is -0.383 e. The number of morpholine rings is 1. The number of aromatic nitrogens is 2. The number of nitrogens with one attached hydrogen (secondary N) is 1. The first-order valence-corrected chi connectivity index (χ1v) is 14.4. The van der Waals surface area contributed by atoms with Crippen molar-refractivity contribution in [3.05, 3.63) is 95.0 Å². The normalized spacial score (nSPS) is 16.7. The zero-order valence-electron chi connectivity index (χ0n) is 23.3. The Morgan fingerprint density at radius 1 is 0.930 bits per heavy atom. The van der Waals surface area contributed by atoms with Gasteiger partial charge in [0.1, 0.15) is 17.5 Å². The van der Waals surface area contributed by atoms with Gasteiger partial charge in [0.15, 0.2) is 0 Å². The molecule has 2 aliphatic rings. The number of rotatable bonds is 6. The van der Waals surface area contributed by atoms with Crippen molar-refractivity contribution < 1.29 is 18.7 Å². The van der Waals surface area contributed by atoms with Gasteiger partial charge in [0.05, 0.1) is 23.8 Å². The maximum Gasteiger partial charge on any atom is 0.255 e. The van der Waals surface area contributed by atoms with E-state index in [2.05, 4.69) is 20.2 Å². The molecule has 2 fully saturated rings. The van der Waals surface area contributed by atoms with Gasteiger partial charge in [0, 0.05) is 66.9 Å². The first-order valence-electron chi connectivity index (χ1n) is 14.1. The fourth-order valence-electron chi connectivity index (χ4n) is 5.38. The van der Waals surface area contributed by atoms with E-state index < -0.39 is 5.82 Å². The summed E-state index contributed by atoms with van der Waals surface area (Å²) >= 11 is 6.18. The van der Waals surface area contributed by atoms with E-state index in [1.165, 1.54) is 12.1 Å². The van der Waals surface area contributed by atoms with Crippen LogP contribution in [0.3, 0.4) is 0 Å². The SMILES string of the molecule is Nc1ncc(-c2ccc(N3CCOCC3)nc2)cc1C(=O)N[C@@H]1CCN(C(=O)c2ccc(-c3ccc(F)cc3Cl)cc2)C1. The Labute approximate surface area is 253 Å². The summed E-state index contributed by atoms with van der Waals surface area (Å²) in [6.07, 6.45) is 4.00. The topological polar surface area (TPSA) is 114 Å². The monoisotopic (exact) mass is 600 g/mol. The Kier molecular flexibility index (Phi) is 8.22. The molecular weight excluding hydrogens is 571 g/mol. The third-order valence-electron chi connectivity index (χ3n) is 7.76. The highest BCUT2D eigenvalue weighted by molar-refractivity contribution is 6.33. The van der Waals surface area contributed by atoms with E-state index in [1.807, 2.05) is 12.1 Å². The van der Waals surface area contributed by atoms with Crippen LogP contribution in [0.5, 0.6) is 0 Å². The largest absolute Gasteiger partial charge is 0.383 e. The Morgan fingerprint density at radius 2 is 1.67 bits per heavy atom. The number of hydrogen-bond donors (Lipinski definition) is 2. The molecule has 220 valence electrons. The van der Waals surface area contributed by atoms with E-state index in [0.29, 0.717) is 48.9 Å². The second-order valence-electron chi connectivity index (χ2n) is 10.6. The Hall–Kier alpha value is -4.54. The summed E-state index contributed by atoms with van der Waals surface area (Å²) in [6, 6.07) is 16.6. The maximum atomic E-state index is 13.4. The molecule has 6 rings (SSSR count). The summed E-state index contributed by atoms with van der Waals surface area (Å²) in [5, 5.41) is 3.31. The highest BCUT2D eigenvalue weighted by Crippen LogP contribution is 2.29. The lowest BCUT2D eigenvalue weighted by molar-refractivity contribution is 0.0783. The van der Waals surface area contributed by atoms with Crippen LogP contribution >= 0.6 is 11.6 Å². The molecule has 2 aromatic heterocycles. The van der Waals surface area contributed by atoms with Gasteiger partial charge in [-0.2, -0.15) is 0 Å². The van der Waals surface area contributed by atoms with Gasteiger partial charge in [-0.15, -0.1) is 0 Å². The number of carbonyl (C=O) groups excluding carboxylic acids is 2. The summed E-state index contributed by atoms with van der Waals surface area (Å²) in [5.41, 5.74) is 9.90. The van der Waals surface area contributed by atoms with Gasteiger partial charge in [-0.3, -0.25) is 9.59 Å². The first-order chi connectivity index (χ1) is 20.9. The summed E-state index contributed by atoms with van der Waals surface area (Å²) in [6.45, 7) is 3.82. The zero-order chi connectivity index (χ0) is 29.9. The molecule has 0 saturated carbocycles. The molecule has 0 spiro atoms. The van der Waals surface area contributed by atoms with Crippen molar-refractivity contribution in [3.63, 3.8) is 0 Å². The molecule has 2 saturated heterocycles. The molecule has 2 aliphatic heterocycles. The second-order valence-corrected chi connectivity index (χ2v) is 11.0. The number of ether oxygens (including phenoxy) is 1. The summed E-state index contributed by atoms with van der Waals surface area (Å²) < 4.78 is 18.8. The van der Waals surface area contributed by atoms with E-state index in [0.717, 1.165) is 35.6 Å². The number of halogens is 2. The molecule has 4 heterocycles. The average Bonchev–Trinajstić information content (AvgIpc) is 3.50. The lowest BCUT2D eigenvalue weighted by atomic mass is 10.0. The van der Waals surface area contributed by atoms with E-state index in [4.69, 9.17) is 22.1 Å². The van der Waals surface area contributed by atoms with Crippen LogP contribution in [-0.2, 0) is 4.74 Å². The van der Waals surface area contributed by atoms with E-state index in [9.17, 15) is 14.0 Å². The number of anilines is 2. The van der Waals surface area contributed by atoms with Gasteiger partial charge in [-0.25, -0.2) is 14.4 Å². The summed E-state index contributed by atoms with van der Waals surface area (Å²) in [4.78, 5) is 39.1. The first kappa shape index (κ1) is 28.6. The minimum absolute atomic E-state index is 0.131. The molecule has 0 bridgehead atoms. The van der Waals surface area contributed by atoms with Crippen molar-refractivity contribution in [3.8, 4) is 22.3 Å². The zero-order valence-corrected chi connectivity index (χ0v) is 24.1. The number of nitrogen functional groups attached to an aromatic ring is 1. The molecule has 9 nitrogen and oxygen atoms in total. The predicted octanol–water partition coefficient (Wildman–Crippen LogP) is 4.67. The van der Waals surface area contributed by atoms with Crippen molar-refractivity contribution in [2.45, 2.75) is 12.5 Å². The number of carbonyl (C=O) groups is 2. The Balaban J connectivity index is 1.08. The number of likely N-dealkylation sites (tertiary alicyclic amines) is 1. The number of benzene rings is 2. The summed E-state index contributed by atoms with van der Waals surface area (Å²) in [7, 11) is 0. The smallest absolute Gasteiger partial charge is 0.255 e. The van der Waals surface area contributed by atoms with Crippen molar-refractivity contribution >= 4 is 35.1 Å². The number of nitrogens with two attached hydrogens (primary N) is 1. The van der Waals surface area contributed by atoms with Crippen LogP contribution in [0, 0.1) is 5.82 Å². The maximum absolute atomic E-state index is 13.4. The molecule has 4 aromatic rings. The van der Waals surface area contributed by atoms with Crippen molar-refractivity contribution in [2.24, 2.45) is 0 Å². The van der Waals surface area contributed by atoms with Crippen LogP contribution < -0.4 is 16.0 Å². The van der Waals surface area contributed by atoms with Crippen molar-refractivity contribution in [2.75, 3.05) is 50.0 Å². The number of hydrogen-bond acceptors (Lipinski definition) is 7. The molecule has 43 heavy (non-hydrogen) atoms. The number of amides is 2. The molecule has 3 N–H and O–H groups in total. The second kappa shape index (κ2) is 12.4. The van der Waals surface area contributed by atoms with E-state index in [-0.39, 0.29) is 29.2 Å². The standard InChI is InChI=1S/C32H30ClFN6O3/c33-28-16-24(34)6-7-26(28)20-1-3-21(4-2-20)32(42)40-10-9-25(19-40)38-31(41)27-15-23(18-37-30(27)35)22-5-8-29(36-17-22)39-11-13-43-14-12-39/h1-8,15-18,25H,9-14,19H2,(H2,35,37)(H,38,41)/t25-/m1/s1. The highest BCUT2D eigenvalue weighted by Gasteiger charge is 2.29. The average molecular weight is 601 g/mol. The molecule has 2 aromatic carbocycles. The van der Waals surface area contributed by atoms with Gasteiger partial charge in [0.25, 0.3) is 11.8 Å². The van der Waals surface area contributed by atoms with Crippen molar-refractivity contribution in [1.29, 1.82) is 0 Å². The molecule has 0 unspecified atom stereocenters. The van der Waals surface area contributed by atoms with Gasteiger partial charge < -0.3 is 25.6 Å². The van der Waals surface area contributed by atoms with Crippen LogP contribution in [0.4, 0.5) is 16.0 Å². The van der Waals surface area contributed by atoms with E-state index in [1.54, 1.807) is 53.7 Å². The fourth-order valence-corrected chi connectivity index (χ4v) is 5.65. The van der Waals surface area contributed by atoms with Crippen LogP contribution in [0.15, 0.2) is 73.1 Å². The van der Waals surface area contributed by atoms with Gasteiger partial charge >= 0.3 is 0 Å². The Morgan fingerprint density at radius 3 is 2.40 bits per heavy atom.